The lowest BCUT2D eigenvalue weighted by molar-refractivity contribution is 0.0697. The molecule has 1 heterocycles. The van der Waals surface area contributed by atoms with Crippen molar-refractivity contribution in [1.82, 2.24) is 4.98 Å². The highest BCUT2D eigenvalue weighted by molar-refractivity contribution is 5.93. The summed E-state index contributed by atoms with van der Waals surface area (Å²) in [5.74, 6) is -0.297. The molecule has 1 aromatic carbocycles. The Morgan fingerprint density at radius 2 is 2.12 bits per heavy atom. The van der Waals surface area contributed by atoms with Gasteiger partial charge in [-0.1, -0.05) is 19.9 Å². The number of aromatic nitrogens is 1. The molecule has 0 bridgehead atoms. The van der Waals surface area contributed by atoms with Gasteiger partial charge in [0.15, 0.2) is 0 Å². The fourth-order valence-electron chi connectivity index (χ4n) is 1.87. The molecule has 3 nitrogen and oxygen atoms in total. The second kappa shape index (κ2) is 4.00. The van der Waals surface area contributed by atoms with Crippen LogP contribution in [0.1, 0.15) is 29.9 Å². The maximum absolute atomic E-state index is 10.8. The highest BCUT2D eigenvalue weighted by atomic mass is 16.4. The maximum atomic E-state index is 10.8. The number of hydrogen-bond acceptors (Lipinski definition) is 1. The Morgan fingerprint density at radius 1 is 1.38 bits per heavy atom. The number of aromatic carboxylic acids is 1. The van der Waals surface area contributed by atoms with Gasteiger partial charge in [0.2, 0.25) is 0 Å². The molecule has 2 N–H and O–H groups in total. The van der Waals surface area contributed by atoms with Crippen molar-refractivity contribution >= 4 is 16.9 Å². The number of H-pyrrole nitrogens is 1. The van der Waals surface area contributed by atoms with E-state index in [1.54, 1.807) is 12.1 Å². The average Bonchev–Trinajstić information content (AvgIpc) is 2.56. The first kappa shape index (κ1) is 10.7. The number of aromatic amines is 1. The average molecular weight is 217 g/mol. The van der Waals surface area contributed by atoms with Crippen LogP contribution in [0.4, 0.5) is 0 Å². The lowest BCUT2D eigenvalue weighted by Gasteiger charge is -1.99. The fraction of sp³-hybridized carbons (Fsp3) is 0.308. The molecule has 84 valence electrons. The third-order valence-corrected chi connectivity index (χ3v) is 2.55. The van der Waals surface area contributed by atoms with Crippen LogP contribution in [-0.4, -0.2) is 16.1 Å². The molecule has 0 atom stereocenters. The van der Waals surface area contributed by atoms with Crippen molar-refractivity contribution < 1.29 is 9.90 Å². The molecule has 1 aromatic heterocycles. The molecule has 0 aliphatic heterocycles. The Balaban J connectivity index is 2.42. The van der Waals surface area contributed by atoms with Gasteiger partial charge in [-0.15, -0.1) is 0 Å². The number of fused-ring (bicyclic) bond motifs is 1. The van der Waals surface area contributed by atoms with Gasteiger partial charge in [-0.05, 0) is 35.9 Å². The van der Waals surface area contributed by atoms with Gasteiger partial charge in [0.05, 0.1) is 5.56 Å². The molecule has 0 amide bonds. The molecule has 0 saturated carbocycles. The molecule has 16 heavy (non-hydrogen) atoms. The monoisotopic (exact) mass is 217 g/mol. The SMILES string of the molecule is CC(C)Cc1cc2ccc(C(=O)O)cc2[nH]1. The summed E-state index contributed by atoms with van der Waals surface area (Å²) in [5.41, 5.74) is 2.38. The minimum Gasteiger partial charge on any atom is -0.478 e. The topological polar surface area (TPSA) is 53.1 Å². The number of hydrogen-bond donors (Lipinski definition) is 2. The van der Waals surface area contributed by atoms with E-state index in [2.05, 4.69) is 24.9 Å². The summed E-state index contributed by atoms with van der Waals surface area (Å²) >= 11 is 0. The van der Waals surface area contributed by atoms with E-state index in [0.717, 1.165) is 23.0 Å². The quantitative estimate of drug-likeness (QED) is 0.830. The minimum atomic E-state index is -0.887. The van der Waals surface area contributed by atoms with Gasteiger partial charge < -0.3 is 10.1 Å². The summed E-state index contributed by atoms with van der Waals surface area (Å²) in [5, 5.41) is 9.95. The van der Waals surface area contributed by atoms with E-state index >= 15 is 0 Å². The number of carboxylic acid groups (broad SMARTS) is 1. The summed E-state index contributed by atoms with van der Waals surface area (Å²) in [6, 6.07) is 7.25. The summed E-state index contributed by atoms with van der Waals surface area (Å²) in [6.07, 6.45) is 0.983. The van der Waals surface area contributed by atoms with Gasteiger partial charge in [0.1, 0.15) is 0 Å². The summed E-state index contributed by atoms with van der Waals surface area (Å²) in [4.78, 5) is 14.1. The Labute approximate surface area is 94.1 Å². The molecule has 0 aliphatic carbocycles. The van der Waals surface area contributed by atoms with Crippen LogP contribution < -0.4 is 0 Å². The molecule has 2 aromatic rings. The van der Waals surface area contributed by atoms with Gasteiger partial charge >= 0.3 is 5.97 Å². The number of carboxylic acids is 1. The first-order valence-corrected chi connectivity index (χ1v) is 5.41. The van der Waals surface area contributed by atoms with E-state index in [4.69, 9.17) is 5.11 Å². The Morgan fingerprint density at radius 3 is 2.75 bits per heavy atom. The van der Waals surface area contributed by atoms with Crippen LogP contribution in [0.25, 0.3) is 10.9 Å². The van der Waals surface area contributed by atoms with Crippen molar-refractivity contribution in [3.63, 3.8) is 0 Å². The predicted octanol–water partition coefficient (Wildman–Crippen LogP) is 3.06. The minimum absolute atomic E-state index is 0.324. The number of nitrogens with one attached hydrogen (secondary N) is 1. The lowest BCUT2D eigenvalue weighted by atomic mass is 10.1. The number of rotatable bonds is 3. The zero-order chi connectivity index (χ0) is 11.7. The Kier molecular flexibility index (Phi) is 2.69. The van der Waals surface area contributed by atoms with Crippen LogP contribution >= 0.6 is 0 Å². The van der Waals surface area contributed by atoms with Crippen LogP contribution in [0.2, 0.25) is 0 Å². The number of benzene rings is 1. The van der Waals surface area contributed by atoms with E-state index in [9.17, 15) is 4.79 Å². The smallest absolute Gasteiger partial charge is 0.335 e. The molecular formula is C13H15NO2. The van der Waals surface area contributed by atoms with E-state index in [-0.39, 0.29) is 0 Å². The molecule has 0 saturated heterocycles. The molecule has 0 spiro atoms. The van der Waals surface area contributed by atoms with Crippen LogP contribution in [0.3, 0.4) is 0 Å². The van der Waals surface area contributed by atoms with Gasteiger partial charge in [0.25, 0.3) is 0 Å². The predicted molar refractivity (Wildman–Crippen MR) is 63.8 cm³/mol. The molecule has 2 rings (SSSR count). The van der Waals surface area contributed by atoms with Crippen molar-refractivity contribution in [1.29, 1.82) is 0 Å². The second-order valence-corrected chi connectivity index (χ2v) is 4.50. The van der Waals surface area contributed by atoms with Crippen molar-refractivity contribution in [3.8, 4) is 0 Å². The summed E-state index contributed by atoms with van der Waals surface area (Å²) in [6.45, 7) is 4.32. The largest absolute Gasteiger partial charge is 0.478 e. The van der Waals surface area contributed by atoms with Crippen molar-refractivity contribution in [2.75, 3.05) is 0 Å². The first-order valence-electron chi connectivity index (χ1n) is 5.41. The van der Waals surface area contributed by atoms with E-state index in [1.807, 2.05) is 6.07 Å². The summed E-state index contributed by atoms with van der Waals surface area (Å²) in [7, 11) is 0. The van der Waals surface area contributed by atoms with E-state index in [1.165, 1.54) is 0 Å². The van der Waals surface area contributed by atoms with Crippen LogP contribution in [-0.2, 0) is 6.42 Å². The van der Waals surface area contributed by atoms with E-state index in [0.29, 0.717) is 11.5 Å². The Hall–Kier alpha value is -1.77. The van der Waals surface area contributed by atoms with E-state index < -0.39 is 5.97 Å². The zero-order valence-corrected chi connectivity index (χ0v) is 9.45. The van der Waals surface area contributed by atoms with Crippen molar-refractivity contribution in [3.05, 3.63) is 35.5 Å². The third kappa shape index (κ3) is 2.08. The highest BCUT2D eigenvalue weighted by Crippen LogP contribution is 2.19. The van der Waals surface area contributed by atoms with Gasteiger partial charge in [-0.3, -0.25) is 0 Å². The van der Waals surface area contributed by atoms with Crippen LogP contribution in [0.5, 0.6) is 0 Å². The van der Waals surface area contributed by atoms with Crippen LogP contribution in [0.15, 0.2) is 24.3 Å². The first-order chi connectivity index (χ1) is 7.56. The lowest BCUT2D eigenvalue weighted by Crippen LogP contribution is -1.95. The highest BCUT2D eigenvalue weighted by Gasteiger charge is 2.06. The molecule has 3 heteroatoms. The molecular weight excluding hydrogens is 202 g/mol. The Bertz CT molecular complexity index is 526. The molecule has 0 unspecified atom stereocenters. The molecule has 0 radical (unpaired) electrons. The fourth-order valence-corrected chi connectivity index (χ4v) is 1.87. The number of carbonyl (C=O) groups is 1. The standard InChI is InChI=1S/C13H15NO2/c1-8(2)5-11-6-9-3-4-10(13(15)16)7-12(9)14-11/h3-4,6-8,14H,5H2,1-2H3,(H,15,16). The molecule has 0 fully saturated rings. The zero-order valence-electron chi connectivity index (χ0n) is 9.45. The summed E-state index contributed by atoms with van der Waals surface area (Å²) < 4.78 is 0. The van der Waals surface area contributed by atoms with Gasteiger partial charge in [-0.25, -0.2) is 4.79 Å². The maximum Gasteiger partial charge on any atom is 0.335 e. The van der Waals surface area contributed by atoms with Gasteiger partial charge in [-0.2, -0.15) is 0 Å². The second-order valence-electron chi connectivity index (χ2n) is 4.50. The van der Waals surface area contributed by atoms with Crippen molar-refractivity contribution in [2.24, 2.45) is 5.92 Å². The third-order valence-electron chi connectivity index (χ3n) is 2.55. The van der Waals surface area contributed by atoms with Crippen molar-refractivity contribution in [2.45, 2.75) is 20.3 Å². The normalized spacial score (nSPS) is 11.2. The molecule has 0 aliphatic rings. The van der Waals surface area contributed by atoms with Crippen LogP contribution in [0, 0.1) is 5.92 Å². The van der Waals surface area contributed by atoms with Gasteiger partial charge in [0, 0.05) is 11.2 Å².